The van der Waals surface area contributed by atoms with Gasteiger partial charge in [0.2, 0.25) is 5.91 Å². The number of hydrogen-bond acceptors (Lipinski definition) is 5. The average molecular weight is 365 g/mol. The summed E-state index contributed by atoms with van der Waals surface area (Å²) in [6.07, 6.45) is 1.43. The van der Waals surface area contributed by atoms with Gasteiger partial charge >= 0.3 is 0 Å². The third kappa shape index (κ3) is 5.09. The van der Waals surface area contributed by atoms with Crippen molar-refractivity contribution in [1.82, 2.24) is 0 Å². The zero-order valence-corrected chi connectivity index (χ0v) is 15.2. The molecule has 0 fully saturated rings. The van der Waals surface area contributed by atoms with E-state index in [-0.39, 0.29) is 11.5 Å². The van der Waals surface area contributed by atoms with Crippen molar-refractivity contribution in [3.63, 3.8) is 0 Å². The first-order valence-electron chi connectivity index (χ1n) is 8.00. The molecule has 2 aromatic rings. The van der Waals surface area contributed by atoms with Gasteiger partial charge in [0, 0.05) is 23.9 Å². The van der Waals surface area contributed by atoms with Crippen molar-refractivity contribution < 1.29 is 19.1 Å². The molecule has 0 aliphatic rings. The van der Waals surface area contributed by atoms with Crippen molar-refractivity contribution >= 4 is 29.3 Å². The Labute approximate surface area is 157 Å². The molecule has 0 radical (unpaired) electrons. The summed E-state index contributed by atoms with van der Waals surface area (Å²) in [7, 11) is 2.99. The minimum atomic E-state index is -0.561. The molecule has 0 saturated heterocycles. The van der Waals surface area contributed by atoms with Gasteiger partial charge in [0.1, 0.15) is 11.6 Å². The van der Waals surface area contributed by atoms with Crippen LogP contribution in [0.15, 0.2) is 48.0 Å². The van der Waals surface area contributed by atoms with Crippen molar-refractivity contribution in [2.24, 2.45) is 0 Å². The number of nitriles is 1. The van der Waals surface area contributed by atoms with Gasteiger partial charge in [0.25, 0.3) is 5.91 Å². The Balaban J connectivity index is 2.22. The topological polar surface area (TPSA) is 100 Å². The summed E-state index contributed by atoms with van der Waals surface area (Å²) in [6, 6.07) is 13.6. The lowest BCUT2D eigenvalue weighted by Crippen LogP contribution is -2.13. The third-order valence-corrected chi connectivity index (χ3v) is 3.56. The second-order valence-electron chi connectivity index (χ2n) is 5.47. The quantitative estimate of drug-likeness (QED) is 0.605. The van der Waals surface area contributed by atoms with E-state index in [4.69, 9.17) is 9.47 Å². The summed E-state index contributed by atoms with van der Waals surface area (Å²) in [6.45, 7) is 1.41. The molecule has 0 heterocycles. The van der Waals surface area contributed by atoms with Crippen LogP contribution in [0.4, 0.5) is 11.4 Å². The molecule has 0 bridgehead atoms. The van der Waals surface area contributed by atoms with Crippen LogP contribution < -0.4 is 20.1 Å². The molecule has 2 amide bonds. The smallest absolute Gasteiger partial charge is 0.266 e. The van der Waals surface area contributed by atoms with E-state index in [2.05, 4.69) is 10.6 Å². The van der Waals surface area contributed by atoms with Gasteiger partial charge in [-0.25, -0.2) is 0 Å². The summed E-state index contributed by atoms with van der Waals surface area (Å²) < 4.78 is 10.5. The monoisotopic (exact) mass is 365 g/mol. The van der Waals surface area contributed by atoms with Gasteiger partial charge in [0.15, 0.2) is 11.5 Å². The molecule has 2 aromatic carbocycles. The number of amides is 2. The van der Waals surface area contributed by atoms with Gasteiger partial charge in [-0.05, 0) is 36.4 Å². The number of benzene rings is 2. The second-order valence-corrected chi connectivity index (χ2v) is 5.47. The summed E-state index contributed by atoms with van der Waals surface area (Å²) in [5.74, 6) is 0.182. The fraction of sp³-hybridized carbons (Fsp3) is 0.150. The van der Waals surface area contributed by atoms with E-state index in [1.165, 1.54) is 27.2 Å². The van der Waals surface area contributed by atoms with Crippen LogP contribution >= 0.6 is 0 Å². The van der Waals surface area contributed by atoms with Crippen molar-refractivity contribution in [3.05, 3.63) is 53.6 Å². The van der Waals surface area contributed by atoms with Crippen LogP contribution in [0.1, 0.15) is 12.5 Å². The van der Waals surface area contributed by atoms with Gasteiger partial charge in [-0.2, -0.15) is 5.26 Å². The maximum atomic E-state index is 12.4. The van der Waals surface area contributed by atoms with Crippen LogP contribution in [-0.4, -0.2) is 26.0 Å². The van der Waals surface area contributed by atoms with E-state index < -0.39 is 5.91 Å². The average Bonchev–Trinajstić information content (AvgIpc) is 2.66. The fourth-order valence-electron chi connectivity index (χ4n) is 2.37. The lowest BCUT2D eigenvalue weighted by Gasteiger charge is -2.10. The van der Waals surface area contributed by atoms with Crippen LogP contribution in [0.2, 0.25) is 0 Å². The number of rotatable bonds is 6. The number of carbonyl (C=O) groups is 2. The number of anilines is 2. The number of ether oxygens (including phenoxy) is 2. The summed E-state index contributed by atoms with van der Waals surface area (Å²) in [5.41, 5.74) is 1.56. The highest BCUT2D eigenvalue weighted by Crippen LogP contribution is 2.32. The van der Waals surface area contributed by atoms with Crippen LogP contribution in [0, 0.1) is 11.3 Å². The molecule has 0 aliphatic heterocycles. The SMILES string of the molecule is COc1cccc(/C=C(\C#N)C(=O)Nc2ccc(NC(C)=O)cc2)c1OC. The number of carbonyl (C=O) groups excluding carboxylic acids is 2. The molecule has 0 unspecified atom stereocenters. The number of nitrogens with one attached hydrogen (secondary N) is 2. The Morgan fingerprint density at radius 2 is 1.63 bits per heavy atom. The lowest BCUT2D eigenvalue weighted by molar-refractivity contribution is -0.114. The summed E-state index contributed by atoms with van der Waals surface area (Å²) in [5, 5.41) is 14.7. The predicted molar refractivity (Wildman–Crippen MR) is 103 cm³/mol. The zero-order valence-electron chi connectivity index (χ0n) is 15.2. The molecule has 27 heavy (non-hydrogen) atoms. The Bertz CT molecular complexity index is 912. The zero-order chi connectivity index (χ0) is 19.8. The molecule has 0 saturated carbocycles. The largest absolute Gasteiger partial charge is 0.493 e. The number of nitrogens with zero attached hydrogens (tertiary/aromatic N) is 1. The summed E-state index contributed by atoms with van der Waals surface area (Å²) >= 11 is 0. The molecule has 0 atom stereocenters. The standard InChI is InChI=1S/C20H19N3O4/c1-13(24)22-16-7-9-17(10-8-16)23-20(25)15(12-21)11-14-5-4-6-18(26-2)19(14)27-3/h4-11H,1-3H3,(H,22,24)(H,23,25)/b15-11+. The van der Waals surface area contributed by atoms with Gasteiger partial charge in [-0.15, -0.1) is 0 Å². The van der Waals surface area contributed by atoms with Crippen LogP contribution in [0.5, 0.6) is 11.5 Å². The fourth-order valence-corrected chi connectivity index (χ4v) is 2.37. The van der Waals surface area contributed by atoms with Gasteiger partial charge in [-0.1, -0.05) is 12.1 Å². The Hall–Kier alpha value is -3.79. The van der Waals surface area contributed by atoms with E-state index in [0.29, 0.717) is 28.4 Å². The first-order valence-corrected chi connectivity index (χ1v) is 8.00. The van der Waals surface area contributed by atoms with Crippen LogP contribution in [0.3, 0.4) is 0 Å². The molecule has 2 rings (SSSR count). The number of para-hydroxylation sites is 1. The molecule has 0 aliphatic carbocycles. The molecule has 0 spiro atoms. The van der Waals surface area contributed by atoms with E-state index in [1.807, 2.05) is 6.07 Å². The summed E-state index contributed by atoms with van der Waals surface area (Å²) in [4.78, 5) is 23.5. The van der Waals surface area contributed by atoms with E-state index in [0.717, 1.165) is 0 Å². The maximum Gasteiger partial charge on any atom is 0.266 e. The molecule has 138 valence electrons. The first kappa shape index (κ1) is 19.5. The molecule has 0 aromatic heterocycles. The molecular weight excluding hydrogens is 346 g/mol. The van der Waals surface area contributed by atoms with Gasteiger partial charge in [-0.3, -0.25) is 9.59 Å². The van der Waals surface area contributed by atoms with E-state index in [9.17, 15) is 14.9 Å². The van der Waals surface area contributed by atoms with E-state index in [1.54, 1.807) is 42.5 Å². The van der Waals surface area contributed by atoms with E-state index >= 15 is 0 Å². The molecule has 7 nitrogen and oxygen atoms in total. The predicted octanol–water partition coefficient (Wildman–Crippen LogP) is 3.21. The van der Waals surface area contributed by atoms with Crippen molar-refractivity contribution in [2.75, 3.05) is 24.9 Å². The Morgan fingerprint density at radius 3 is 2.15 bits per heavy atom. The minimum absolute atomic E-state index is 0.0903. The van der Waals surface area contributed by atoms with Gasteiger partial charge < -0.3 is 20.1 Å². The first-order chi connectivity index (χ1) is 13.0. The molecular formula is C20H19N3O4. The highest BCUT2D eigenvalue weighted by atomic mass is 16.5. The Morgan fingerprint density at radius 1 is 1.00 bits per heavy atom. The second kappa shape index (κ2) is 9.06. The normalized spacial score (nSPS) is 10.5. The molecule has 7 heteroatoms. The van der Waals surface area contributed by atoms with Crippen LogP contribution in [-0.2, 0) is 9.59 Å². The maximum absolute atomic E-state index is 12.4. The van der Waals surface area contributed by atoms with Crippen molar-refractivity contribution in [3.8, 4) is 17.6 Å². The lowest BCUT2D eigenvalue weighted by atomic mass is 10.1. The molecule has 2 N–H and O–H groups in total. The highest BCUT2D eigenvalue weighted by Gasteiger charge is 2.13. The van der Waals surface area contributed by atoms with Crippen molar-refractivity contribution in [1.29, 1.82) is 5.26 Å². The Kier molecular flexibility index (Phi) is 6.55. The van der Waals surface area contributed by atoms with Gasteiger partial charge in [0.05, 0.1) is 14.2 Å². The van der Waals surface area contributed by atoms with Crippen LogP contribution in [0.25, 0.3) is 6.08 Å². The number of methoxy groups -OCH3 is 2. The minimum Gasteiger partial charge on any atom is -0.493 e. The van der Waals surface area contributed by atoms with Crippen molar-refractivity contribution in [2.45, 2.75) is 6.92 Å². The third-order valence-electron chi connectivity index (χ3n) is 3.56. The highest BCUT2D eigenvalue weighted by molar-refractivity contribution is 6.10. The number of hydrogen-bond donors (Lipinski definition) is 2.